The molecule has 1 atom stereocenters. The molecular weight excluding hydrogens is 238 g/mol. The van der Waals surface area contributed by atoms with Crippen LogP contribution in [0.15, 0.2) is 36.4 Å². The first-order chi connectivity index (χ1) is 9.13. The van der Waals surface area contributed by atoms with Crippen molar-refractivity contribution < 1.29 is 0 Å². The normalized spacial score (nSPS) is 12.1. The number of rotatable bonds is 5. The number of nitrogen functional groups attached to an aromatic ring is 2. The molecule has 2 rings (SSSR count). The summed E-state index contributed by atoms with van der Waals surface area (Å²) < 4.78 is 0. The number of nitrogens with two attached hydrogens (primary N) is 2. The van der Waals surface area contributed by atoms with Crippen molar-refractivity contribution in [2.24, 2.45) is 0 Å². The number of aryl methyl sites for hydroxylation is 1. The first kappa shape index (κ1) is 13.1. The maximum Gasteiger partial charge on any atom is 0.223 e. The molecule has 1 unspecified atom stereocenters. The molecule has 1 heterocycles. The van der Waals surface area contributed by atoms with Crippen LogP contribution in [0.5, 0.6) is 0 Å². The summed E-state index contributed by atoms with van der Waals surface area (Å²) in [5.41, 5.74) is 12.5. The van der Waals surface area contributed by atoms with Crippen molar-refractivity contribution in [3.63, 3.8) is 0 Å². The molecule has 1 aromatic carbocycles. The second kappa shape index (κ2) is 6.04. The van der Waals surface area contributed by atoms with Crippen LogP contribution in [-0.4, -0.2) is 16.0 Å². The summed E-state index contributed by atoms with van der Waals surface area (Å²) in [6.45, 7) is 2.11. The highest BCUT2D eigenvalue weighted by atomic mass is 15.1. The van der Waals surface area contributed by atoms with E-state index in [1.807, 2.05) is 6.07 Å². The van der Waals surface area contributed by atoms with E-state index in [0.717, 1.165) is 12.8 Å². The fraction of sp³-hybridized carbons (Fsp3) is 0.286. The van der Waals surface area contributed by atoms with Gasteiger partial charge in [-0.15, -0.1) is 0 Å². The second-order valence-corrected chi connectivity index (χ2v) is 4.61. The van der Waals surface area contributed by atoms with Crippen LogP contribution in [0.4, 0.5) is 17.6 Å². The highest BCUT2D eigenvalue weighted by Gasteiger charge is 2.05. The molecule has 0 spiro atoms. The van der Waals surface area contributed by atoms with Crippen LogP contribution < -0.4 is 16.8 Å². The van der Waals surface area contributed by atoms with Gasteiger partial charge in [0.25, 0.3) is 0 Å². The van der Waals surface area contributed by atoms with Crippen LogP contribution in [0.1, 0.15) is 18.9 Å². The molecule has 100 valence electrons. The van der Waals surface area contributed by atoms with Gasteiger partial charge in [0.05, 0.1) is 0 Å². The van der Waals surface area contributed by atoms with Crippen molar-refractivity contribution in [3.05, 3.63) is 42.0 Å². The maximum absolute atomic E-state index is 5.63. The molecule has 5 nitrogen and oxygen atoms in total. The molecule has 0 aliphatic rings. The van der Waals surface area contributed by atoms with Gasteiger partial charge >= 0.3 is 0 Å². The van der Waals surface area contributed by atoms with Crippen molar-refractivity contribution in [1.82, 2.24) is 9.97 Å². The number of anilines is 3. The number of benzene rings is 1. The number of aromatic nitrogens is 2. The molecule has 0 aliphatic heterocycles. The lowest BCUT2D eigenvalue weighted by atomic mass is 10.1. The van der Waals surface area contributed by atoms with Crippen molar-refractivity contribution in [3.8, 4) is 0 Å². The summed E-state index contributed by atoms with van der Waals surface area (Å²) in [7, 11) is 0. The van der Waals surface area contributed by atoms with Crippen molar-refractivity contribution >= 4 is 17.6 Å². The van der Waals surface area contributed by atoms with Crippen LogP contribution in [-0.2, 0) is 6.42 Å². The minimum absolute atomic E-state index is 0.192. The molecule has 5 N–H and O–H groups in total. The minimum atomic E-state index is 0.192. The highest BCUT2D eigenvalue weighted by Crippen LogP contribution is 2.13. The van der Waals surface area contributed by atoms with Gasteiger partial charge in [0.1, 0.15) is 11.6 Å². The van der Waals surface area contributed by atoms with Gasteiger partial charge in [-0.25, -0.2) is 0 Å². The van der Waals surface area contributed by atoms with E-state index in [9.17, 15) is 0 Å². The molecule has 19 heavy (non-hydrogen) atoms. The molecule has 1 aromatic heterocycles. The number of hydrogen-bond donors (Lipinski definition) is 3. The van der Waals surface area contributed by atoms with Crippen LogP contribution in [0.25, 0.3) is 0 Å². The summed E-state index contributed by atoms with van der Waals surface area (Å²) in [5.74, 6) is 1.24. The van der Waals surface area contributed by atoms with Crippen LogP contribution in [0.2, 0.25) is 0 Å². The van der Waals surface area contributed by atoms with E-state index in [4.69, 9.17) is 11.5 Å². The first-order valence-corrected chi connectivity index (χ1v) is 6.34. The SMILES string of the molecule is CC(CCc1ccccc1)Nc1cc(N)nc(N)n1. The van der Waals surface area contributed by atoms with Crippen molar-refractivity contribution in [1.29, 1.82) is 0 Å². The lowest BCUT2D eigenvalue weighted by molar-refractivity contribution is 0.703. The van der Waals surface area contributed by atoms with Gasteiger partial charge in [0.2, 0.25) is 5.95 Å². The quantitative estimate of drug-likeness (QED) is 0.763. The second-order valence-electron chi connectivity index (χ2n) is 4.61. The van der Waals surface area contributed by atoms with Gasteiger partial charge in [-0.3, -0.25) is 0 Å². The van der Waals surface area contributed by atoms with E-state index in [2.05, 4.69) is 46.5 Å². The molecule has 2 aromatic rings. The molecule has 0 aliphatic carbocycles. The minimum Gasteiger partial charge on any atom is -0.383 e. The molecule has 0 amide bonds. The Morgan fingerprint density at radius 2 is 1.89 bits per heavy atom. The van der Waals surface area contributed by atoms with Gasteiger partial charge in [-0.05, 0) is 25.3 Å². The molecule has 0 fully saturated rings. The van der Waals surface area contributed by atoms with E-state index in [0.29, 0.717) is 11.6 Å². The zero-order valence-corrected chi connectivity index (χ0v) is 11.0. The fourth-order valence-corrected chi connectivity index (χ4v) is 1.91. The fourth-order valence-electron chi connectivity index (χ4n) is 1.91. The number of nitrogens with one attached hydrogen (secondary N) is 1. The molecular formula is C14H19N5. The summed E-state index contributed by atoms with van der Waals surface area (Å²) in [5, 5.41) is 3.28. The van der Waals surface area contributed by atoms with Crippen molar-refractivity contribution in [2.45, 2.75) is 25.8 Å². The van der Waals surface area contributed by atoms with Gasteiger partial charge < -0.3 is 16.8 Å². The van der Waals surface area contributed by atoms with E-state index < -0.39 is 0 Å². The van der Waals surface area contributed by atoms with Crippen LogP contribution in [0, 0.1) is 0 Å². The Morgan fingerprint density at radius 3 is 2.58 bits per heavy atom. The average Bonchev–Trinajstić information content (AvgIpc) is 2.36. The predicted octanol–water partition coefficient (Wildman–Crippen LogP) is 2.07. The monoisotopic (exact) mass is 257 g/mol. The van der Waals surface area contributed by atoms with Crippen LogP contribution in [0.3, 0.4) is 0 Å². The largest absolute Gasteiger partial charge is 0.383 e. The Kier molecular flexibility index (Phi) is 4.18. The Labute approximate surface area is 113 Å². The molecule has 5 heteroatoms. The van der Waals surface area contributed by atoms with Gasteiger partial charge in [-0.1, -0.05) is 30.3 Å². The highest BCUT2D eigenvalue weighted by molar-refractivity contribution is 5.48. The van der Waals surface area contributed by atoms with Gasteiger partial charge in [0.15, 0.2) is 0 Å². The van der Waals surface area contributed by atoms with Gasteiger partial charge in [0, 0.05) is 12.1 Å². The number of nitrogens with zero attached hydrogens (tertiary/aromatic N) is 2. The third kappa shape index (κ3) is 4.13. The Balaban J connectivity index is 1.89. The number of hydrogen-bond acceptors (Lipinski definition) is 5. The Hall–Kier alpha value is -2.30. The average molecular weight is 257 g/mol. The Bertz CT molecular complexity index is 506. The topological polar surface area (TPSA) is 89.8 Å². The lowest BCUT2D eigenvalue weighted by Gasteiger charge is -2.14. The standard InChI is InChI=1S/C14H19N5/c1-10(7-8-11-5-3-2-4-6-11)17-13-9-12(15)18-14(16)19-13/h2-6,9-10H,7-8H2,1H3,(H5,15,16,17,18,19). The predicted molar refractivity (Wildman–Crippen MR) is 78.7 cm³/mol. The molecule has 0 saturated carbocycles. The van der Waals surface area contributed by atoms with E-state index in [1.54, 1.807) is 6.07 Å². The summed E-state index contributed by atoms with van der Waals surface area (Å²) in [6.07, 6.45) is 2.03. The summed E-state index contributed by atoms with van der Waals surface area (Å²) in [6, 6.07) is 12.4. The molecule has 0 saturated heterocycles. The van der Waals surface area contributed by atoms with E-state index >= 15 is 0 Å². The molecule has 0 bridgehead atoms. The zero-order valence-electron chi connectivity index (χ0n) is 11.0. The maximum atomic E-state index is 5.63. The lowest BCUT2D eigenvalue weighted by Crippen LogP contribution is -2.17. The van der Waals surface area contributed by atoms with E-state index in [1.165, 1.54) is 5.56 Å². The van der Waals surface area contributed by atoms with Crippen molar-refractivity contribution in [2.75, 3.05) is 16.8 Å². The summed E-state index contributed by atoms with van der Waals surface area (Å²) >= 11 is 0. The van der Waals surface area contributed by atoms with E-state index in [-0.39, 0.29) is 12.0 Å². The van der Waals surface area contributed by atoms with Crippen LogP contribution >= 0.6 is 0 Å². The smallest absolute Gasteiger partial charge is 0.223 e. The zero-order chi connectivity index (χ0) is 13.7. The third-order valence-corrected chi connectivity index (χ3v) is 2.87. The first-order valence-electron chi connectivity index (χ1n) is 6.34. The summed E-state index contributed by atoms with van der Waals surface area (Å²) in [4.78, 5) is 7.94. The third-order valence-electron chi connectivity index (χ3n) is 2.87. The molecule has 0 radical (unpaired) electrons. The van der Waals surface area contributed by atoms with Gasteiger partial charge in [-0.2, -0.15) is 9.97 Å². The Morgan fingerprint density at radius 1 is 1.16 bits per heavy atom.